The Bertz CT molecular complexity index is 740. The number of piperazine rings is 1. The number of thioether (sulfide) groups is 2. The summed E-state index contributed by atoms with van der Waals surface area (Å²) >= 11 is 3.97. The van der Waals surface area contributed by atoms with E-state index >= 15 is 0 Å². The number of carbonyl (C=O) groups is 2. The molecule has 52 heavy (non-hydrogen) atoms. The molecule has 10 heteroatoms. The highest BCUT2D eigenvalue weighted by Crippen LogP contribution is 2.15. The summed E-state index contributed by atoms with van der Waals surface area (Å²) in [5.41, 5.74) is 0. The van der Waals surface area contributed by atoms with Crippen LogP contribution in [0.15, 0.2) is 0 Å². The molecule has 0 spiro atoms. The second kappa shape index (κ2) is 37.1. The summed E-state index contributed by atoms with van der Waals surface area (Å²) in [4.78, 5) is 31.8. The zero-order valence-corrected chi connectivity index (χ0v) is 35.8. The van der Waals surface area contributed by atoms with Gasteiger partial charge in [0, 0.05) is 52.4 Å². The zero-order valence-electron chi connectivity index (χ0n) is 34.2. The van der Waals surface area contributed by atoms with Gasteiger partial charge in [-0.1, -0.05) is 129 Å². The van der Waals surface area contributed by atoms with Crippen LogP contribution < -0.4 is 0 Å². The summed E-state index contributed by atoms with van der Waals surface area (Å²) in [6, 6.07) is 0. The predicted octanol–water partition coefficient (Wildman–Crippen LogP) is 11.4. The van der Waals surface area contributed by atoms with Crippen molar-refractivity contribution in [3.63, 3.8) is 0 Å². The predicted molar refractivity (Wildman–Crippen MR) is 229 cm³/mol. The summed E-state index contributed by atoms with van der Waals surface area (Å²) in [5, 5.41) is 19.4. The molecule has 0 aromatic carbocycles. The second-order valence-electron chi connectivity index (χ2n) is 15.2. The van der Waals surface area contributed by atoms with E-state index in [0.29, 0.717) is 26.2 Å². The van der Waals surface area contributed by atoms with E-state index in [1.54, 1.807) is 9.80 Å². The largest absolute Gasteiger partial charge is 0.465 e. The van der Waals surface area contributed by atoms with Crippen molar-refractivity contribution in [1.29, 1.82) is 0 Å². The van der Waals surface area contributed by atoms with Crippen molar-refractivity contribution in [1.82, 2.24) is 19.6 Å². The first kappa shape index (κ1) is 49.2. The lowest BCUT2D eigenvalue weighted by molar-refractivity contribution is 0.114. The van der Waals surface area contributed by atoms with Crippen molar-refractivity contribution in [3.8, 4) is 0 Å². The van der Waals surface area contributed by atoms with Gasteiger partial charge in [0.05, 0.1) is 0 Å². The quantitative estimate of drug-likeness (QED) is 0.0600. The maximum atomic E-state index is 11.8. The molecule has 0 atom stereocenters. The lowest BCUT2D eigenvalue weighted by atomic mass is 10.1. The number of nitrogens with zero attached hydrogens (tertiary/aromatic N) is 4. The zero-order chi connectivity index (χ0) is 37.7. The minimum atomic E-state index is -0.789. The van der Waals surface area contributed by atoms with Gasteiger partial charge in [-0.3, -0.25) is 0 Å². The summed E-state index contributed by atoms with van der Waals surface area (Å²) in [5.74, 6) is 4.50. The Morgan fingerprint density at radius 2 is 0.692 bits per heavy atom. The molecule has 0 radical (unpaired) electrons. The van der Waals surface area contributed by atoms with E-state index in [0.717, 1.165) is 76.5 Å². The van der Waals surface area contributed by atoms with Crippen LogP contribution in [0.1, 0.15) is 168 Å². The lowest BCUT2D eigenvalue weighted by Crippen LogP contribution is -2.47. The number of hydrogen-bond acceptors (Lipinski definition) is 6. The molecule has 8 nitrogen and oxygen atoms in total. The van der Waals surface area contributed by atoms with Crippen LogP contribution in [0, 0.1) is 0 Å². The number of carboxylic acid groups (broad SMARTS) is 2. The van der Waals surface area contributed by atoms with Crippen LogP contribution in [-0.4, -0.2) is 130 Å². The number of rotatable bonds is 38. The molecule has 2 N–H and O–H groups in total. The molecule has 0 unspecified atom stereocenters. The van der Waals surface area contributed by atoms with E-state index in [9.17, 15) is 19.8 Å². The summed E-state index contributed by atoms with van der Waals surface area (Å²) in [6.07, 6.45) is 29.4. The lowest BCUT2D eigenvalue weighted by Gasteiger charge is -2.35. The average Bonchev–Trinajstić information content (AvgIpc) is 3.14. The number of unbranched alkanes of at least 4 members (excludes halogenated alkanes) is 18. The highest BCUT2D eigenvalue weighted by atomic mass is 32.2. The maximum Gasteiger partial charge on any atom is 0.407 e. The first-order chi connectivity index (χ1) is 25.5. The third-order valence-electron chi connectivity index (χ3n) is 10.5. The molecule has 1 aliphatic heterocycles. The standard InChI is InChI=1S/C42H84N4O4S2/c1-3-5-7-9-11-13-15-17-19-21-37-51-39-25-31-45(41(47)48)29-23-27-43-33-35-44(36-34-43)28-24-30-46(42(49)50)32-26-40-52-38-22-20-18-16-14-12-10-8-6-4-2/h3-40H2,1-2H3,(H,47,48)(H,49,50). The van der Waals surface area contributed by atoms with Crippen LogP contribution >= 0.6 is 23.5 Å². The monoisotopic (exact) mass is 773 g/mol. The summed E-state index contributed by atoms with van der Waals surface area (Å²) < 4.78 is 0. The van der Waals surface area contributed by atoms with Gasteiger partial charge in [-0.2, -0.15) is 23.5 Å². The fourth-order valence-electron chi connectivity index (χ4n) is 7.12. The van der Waals surface area contributed by atoms with Gasteiger partial charge in [-0.05, 0) is 74.6 Å². The van der Waals surface area contributed by atoms with Crippen molar-refractivity contribution in [3.05, 3.63) is 0 Å². The van der Waals surface area contributed by atoms with Crippen LogP contribution in [0.25, 0.3) is 0 Å². The van der Waals surface area contributed by atoms with Crippen LogP contribution in [0.3, 0.4) is 0 Å². The first-order valence-electron chi connectivity index (χ1n) is 22.0. The van der Waals surface area contributed by atoms with Gasteiger partial charge in [-0.25, -0.2) is 9.59 Å². The van der Waals surface area contributed by atoms with Gasteiger partial charge in [0.15, 0.2) is 0 Å². The molecule has 2 amide bonds. The fraction of sp³-hybridized carbons (Fsp3) is 0.952. The van der Waals surface area contributed by atoms with E-state index in [1.807, 2.05) is 23.5 Å². The molecule has 0 aromatic heterocycles. The summed E-state index contributed by atoms with van der Waals surface area (Å²) in [6.45, 7) is 12.9. The normalized spacial score (nSPS) is 13.9. The number of amides is 2. The van der Waals surface area contributed by atoms with Gasteiger partial charge >= 0.3 is 12.2 Å². The topological polar surface area (TPSA) is 87.6 Å². The Balaban J connectivity index is 2.00. The van der Waals surface area contributed by atoms with Crippen molar-refractivity contribution in [2.24, 2.45) is 0 Å². The molecular formula is C42H84N4O4S2. The van der Waals surface area contributed by atoms with Gasteiger partial charge < -0.3 is 29.8 Å². The molecule has 0 aliphatic carbocycles. The van der Waals surface area contributed by atoms with Gasteiger partial charge in [0.1, 0.15) is 0 Å². The third-order valence-corrected chi connectivity index (χ3v) is 12.8. The van der Waals surface area contributed by atoms with E-state index in [-0.39, 0.29) is 0 Å². The molecule has 1 saturated heterocycles. The molecule has 0 bridgehead atoms. The van der Waals surface area contributed by atoms with E-state index in [2.05, 4.69) is 23.6 Å². The van der Waals surface area contributed by atoms with Crippen LogP contribution in [0.5, 0.6) is 0 Å². The molecule has 0 saturated carbocycles. The SMILES string of the molecule is CCCCCCCCCCCCSCCCN(CCCN1CCN(CCCN(CCCSCCCCCCCCCCCC)C(=O)O)CC1)C(=O)O. The molecule has 1 rings (SSSR count). The fourth-order valence-corrected chi connectivity index (χ4v) is 9.01. The van der Waals surface area contributed by atoms with E-state index in [4.69, 9.17) is 0 Å². The second-order valence-corrected chi connectivity index (χ2v) is 17.7. The Morgan fingerprint density at radius 1 is 0.423 bits per heavy atom. The smallest absolute Gasteiger partial charge is 0.407 e. The Hall–Kier alpha value is -0.840. The highest BCUT2D eigenvalue weighted by molar-refractivity contribution is 7.99. The van der Waals surface area contributed by atoms with E-state index < -0.39 is 12.2 Å². The minimum Gasteiger partial charge on any atom is -0.465 e. The first-order valence-corrected chi connectivity index (χ1v) is 24.3. The molecule has 1 aliphatic rings. The van der Waals surface area contributed by atoms with Crippen molar-refractivity contribution in [2.45, 2.75) is 168 Å². The molecular weight excluding hydrogens is 689 g/mol. The maximum absolute atomic E-state index is 11.8. The van der Waals surface area contributed by atoms with Gasteiger partial charge in [0.25, 0.3) is 0 Å². The van der Waals surface area contributed by atoms with Crippen molar-refractivity contribution >= 4 is 35.7 Å². The van der Waals surface area contributed by atoms with Crippen LogP contribution in [-0.2, 0) is 0 Å². The average molecular weight is 773 g/mol. The molecule has 1 fully saturated rings. The molecule has 308 valence electrons. The van der Waals surface area contributed by atoms with Crippen molar-refractivity contribution < 1.29 is 19.8 Å². The van der Waals surface area contributed by atoms with Gasteiger partial charge in [0.2, 0.25) is 0 Å². The number of hydrogen-bond donors (Lipinski definition) is 2. The van der Waals surface area contributed by atoms with Crippen LogP contribution in [0.2, 0.25) is 0 Å². The van der Waals surface area contributed by atoms with E-state index in [1.165, 1.54) is 140 Å². The minimum absolute atomic E-state index is 0.613. The molecule has 1 heterocycles. The highest BCUT2D eigenvalue weighted by Gasteiger charge is 2.18. The Kier molecular flexibility index (Phi) is 35.1. The van der Waals surface area contributed by atoms with Crippen molar-refractivity contribution in [2.75, 3.05) is 88.5 Å². The van der Waals surface area contributed by atoms with Gasteiger partial charge in [-0.15, -0.1) is 0 Å². The Labute approximate surface area is 330 Å². The third kappa shape index (κ3) is 30.5. The van der Waals surface area contributed by atoms with Crippen LogP contribution in [0.4, 0.5) is 9.59 Å². The Morgan fingerprint density at radius 3 is 1.00 bits per heavy atom. The molecule has 0 aromatic rings. The summed E-state index contributed by atoms with van der Waals surface area (Å²) in [7, 11) is 0.